The first kappa shape index (κ1) is 72.7. The van der Waals surface area contributed by atoms with Crippen LogP contribution in [0, 0.1) is 0 Å². The summed E-state index contributed by atoms with van der Waals surface area (Å²) in [5.74, 6) is -0.503. The van der Waals surface area contributed by atoms with E-state index in [-0.39, 0.29) is 25.1 Å². The fourth-order valence-corrected chi connectivity index (χ4v) is 9.78. The highest BCUT2D eigenvalue weighted by molar-refractivity contribution is 7.47. The van der Waals surface area contributed by atoms with Crippen LogP contribution in [-0.4, -0.2) is 74.3 Å². The minimum atomic E-state index is -4.44. The number of phosphoric ester groups is 1. The van der Waals surface area contributed by atoms with Crippen molar-refractivity contribution in [2.45, 2.75) is 303 Å². The molecule has 0 rings (SSSR count). The maximum atomic E-state index is 13.5. The number of nitrogens with zero attached hydrogens (tertiary/aromatic N) is 1. The minimum absolute atomic E-state index is 0.0398. The molecule has 0 saturated heterocycles. The second-order valence-electron chi connectivity index (χ2n) is 22.6. The van der Waals surface area contributed by atoms with Gasteiger partial charge >= 0.3 is 13.8 Å². The van der Waals surface area contributed by atoms with Crippen LogP contribution in [0.2, 0.25) is 0 Å². The lowest BCUT2D eigenvalue weighted by Gasteiger charge is -2.27. The van der Waals surface area contributed by atoms with Crippen LogP contribution in [0.4, 0.5) is 0 Å². The zero-order valence-corrected chi connectivity index (χ0v) is 50.9. The van der Waals surface area contributed by atoms with Crippen molar-refractivity contribution in [2.75, 3.05) is 40.9 Å². The predicted octanol–water partition coefficient (Wildman–Crippen LogP) is 19.4. The highest BCUT2D eigenvalue weighted by Crippen LogP contribution is 2.43. The average molecular weight is 1070 g/mol. The molecule has 0 saturated carbocycles. The molecule has 2 N–H and O–H groups in total. The molecule has 0 aromatic rings. The van der Waals surface area contributed by atoms with Crippen LogP contribution in [0.1, 0.15) is 290 Å². The van der Waals surface area contributed by atoms with Crippen molar-refractivity contribution in [3.63, 3.8) is 0 Å². The van der Waals surface area contributed by atoms with Crippen LogP contribution >= 0.6 is 7.82 Å². The smallest absolute Gasteiger partial charge is 0.456 e. The maximum Gasteiger partial charge on any atom is 0.472 e. The first-order valence-corrected chi connectivity index (χ1v) is 33.1. The minimum Gasteiger partial charge on any atom is -0.456 e. The van der Waals surface area contributed by atoms with Gasteiger partial charge in [0.05, 0.1) is 33.8 Å². The first-order valence-electron chi connectivity index (χ1n) is 31.6. The van der Waals surface area contributed by atoms with E-state index in [1.54, 1.807) is 0 Å². The summed E-state index contributed by atoms with van der Waals surface area (Å²) in [6.45, 7) is 6.98. The maximum absolute atomic E-state index is 13.5. The summed E-state index contributed by atoms with van der Waals surface area (Å²) in [4.78, 5) is 37.6. The molecule has 10 heteroatoms. The van der Waals surface area contributed by atoms with Gasteiger partial charge in [-0.1, -0.05) is 262 Å². The summed E-state index contributed by atoms with van der Waals surface area (Å²) in [7, 11) is 1.50. The lowest BCUT2D eigenvalue weighted by Crippen LogP contribution is -2.47. The average Bonchev–Trinajstić information content (AvgIpc) is 3.37. The van der Waals surface area contributed by atoms with E-state index in [4.69, 9.17) is 13.8 Å². The molecule has 438 valence electrons. The number of amides is 1. The van der Waals surface area contributed by atoms with Gasteiger partial charge in [0, 0.05) is 12.8 Å². The largest absolute Gasteiger partial charge is 0.472 e. The van der Waals surface area contributed by atoms with Gasteiger partial charge in [-0.05, 0) is 76.7 Å². The summed E-state index contributed by atoms with van der Waals surface area (Å²) >= 11 is 0. The number of nitrogens with one attached hydrogen (secondary N) is 1. The topological polar surface area (TPSA) is 111 Å². The summed E-state index contributed by atoms with van der Waals surface area (Å²) < 4.78 is 30.6. The number of carbonyl (C=O) groups excluding carboxylic acids is 2. The van der Waals surface area contributed by atoms with Crippen molar-refractivity contribution in [3.8, 4) is 0 Å². The quantitative estimate of drug-likeness (QED) is 0.0205. The molecule has 0 aliphatic carbocycles. The van der Waals surface area contributed by atoms with Crippen LogP contribution in [0.3, 0.4) is 0 Å². The molecule has 0 aromatic carbocycles. The molecule has 0 aromatic heterocycles. The van der Waals surface area contributed by atoms with Gasteiger partial charge < -0.3 is 19.4 Å². The van der Waals surface area contributed by atoms with Gasteiger partial charge in [0.2, 0.25) is 5.91 Å². The molecule has 3 unspecified atom stereocenters. The van der Waals surface area contributed by atoms with Crippen LogP contribution in [-0.2, 0) is 27.9 Å². The van der Waals surface area contributed by atoms with Gasteiger partial charge in [0.1, 0.15) is 19.3 Å². The zero-order chi connectivity index (χ0) is 55.0. The monoisotopic (exact) mass is 1070 g/mol. The van der Waals surface area contributed by atoms with Gasteiger partial charge in [-0.2, -0.15) is 0 Å². The summed E-state index contributed by atoms with van der Waals surface area (Å²) in [6.07, 6.45) is 69.4. The Hall–Kier alpha value is -2.29. The van der Waals surface area contributed by atoms with Gasteiger partial charge in [-0.15, -0.1) is 0 Å². The van der Waals surface area contributed by atoms with Crippen molar-refractivity contribution in [3.05, 3.63) is 60.8 Å². The van der Waals surface area contributed by atoms with Crippen molar-refractivity contribution >= 4 is 19.7 Å². The third-order valence-corrected chi connectivity index (χ3v) is 14.9. The molecule has 75 heavy (non-hydrogen) atoms. The number of hydrogen-bond acceptors (Lipinski definition) is 6. The van der Waals surface area contributed by atoms with Crippen molar-refractivity contribution in [1.29, 1.82) is 0 Å². The second-order valence-corrected chi connectivity index (χ2v) is 24.0. The van der Waals surface area contributed by atoms with Crippen molar-refractivity contribution in [1.82, 2.24) is 5.32 Å². The van der Waals surface area contributed by atoms with E-state index in [2.05, 4.69) is 74.7 Å². The molecule has 9 nitrogen and oxygen atoms in total. The van der Waals surface area contributed by atoms with Gasteiger partial charge in [-0.25, -0.2) is 4.57 Å². The molecular weight excluding hydrogens is 952 g/mol. The van der Waals surface area contributed by atoms with Crippen LogP contribution in [0.25, 0.3) is 0 Å². The van der Waals surface area contributed by atoms with E-state index >= 15 is 0 Å². The van der Waals surface area contributed by atoms with Gasteiger partial charge in [0.25, 0.3) is 0 Å². The highest BCUT2D eigenvalue weighted by atomic mass is 31.2. The van der Waals surface area contributed by atoms with Gasteiger partial charge in [0.15, 0.2) is 0 Å². The van der Waals surface area contributed by atoms with E-state index in [1.807, 2.05) is 33.3 Å². The summed E-state index contributed by atoms with van der Waals surface area (Å²) in [5, 5.41) is 3.05. The highest BCUT2D eigenvalue weighted by Gasteiger charge is 2.30. The van der Waals surface area contributed by atoms with Gasteiger partial charge in [-0.3, -0.25) is 18.6 Å². The van der Waals surface area contributed by atoms with Crippen molar-refractivity contribution < 1.29 is 37.3 Å². The molecule has 1 amide bonds. The molecule has 0 radical (unpaired) electrons. The lowest BCUT2D eigenvalue weighted by atomic mass is 10.0. The Morgan fingerprint density at radius 3 is 1.24 bits per heavy atom. The second kappa shape index (κ2) is 55.0. The Kier molecular flexibility index (Phi) is 53.4. The molecular formula is C65H122N2O7P+. The number of hydrogen-bond donors (Lipinski definition) is 2. The Bertz CT molecular complexity index is 1470. The fourth-order valence-electron chi connectivity index (χ4n) is 9.04. The number of esters is 1. The number of unbranched alkanes of at least 4 members (excludes halogenated alkanes) is 33. The van der Waals surface area contributed by atoms with Crippen LogP contribution < -0.4 is 5.32 Å². The van der Waals surface area contributed by atoms with E-state index in [1.165, 1.54) is 180 Å². The summed E-state index contributed by atoms with van der Waals surface area (Å²) in [5.41, 5.74) is 0. The molecule has 0 fully saturated rings. The Morgan fingerprint density at radius 1 is 0.467 bits per heavy atom. The third-order valence-electron chi connectivity index (χ3n) is 14.0. The SMILES string of the molecule is CCCCC/C=C\C/C=C\C/C=C\C/C=C\CCCCCCCCCCCCCC(=O)NC(COP(=O)(O)OCC[N+](C)(C)C)C(/C=C\CCCCCCCCCCC)OC(=O)CCCCCCCCCCCCC. The molecule has 3 atom stereocenters. The predicted molar refractivity (Wildman–Crippen MR) is 323 cm³/mol. The first-order chi connectivity index (χ1) is 36.4. The number of phosphoric acid groups is 1. The number of carbonyl (C=O) groups is 2. The molecule has 0 spiro atoms. The molecule has 0 heterocycles. The Morgan fingerprint density at radius 2 is 0.813 bits per heavy atom. The molecule has 0 bridgehead atoms. The number of rotatable bonds is 57. The standard InChI is InChI=1S/C65H121N2O7P/c1-7-10-13-16-19-22-25-26-27-28-29-30-31-32-33-34-35-36-37-38-39-40-43-45-48-51-54-57-64(68)66-62(61-73-75(70,71)72-60-59-67(4,5)6)63(56-53-50-47-44-41-23-20-17-14-11-8-2)74-65(69)58-55-52-49-46-42-24-21-18-15-12-9-3/h19,22,26-27,29-30,32-33,53,56,62-63H,7-18,20-21,23-25,28,31,34-52,54-55,57-61H2,1-6H3,(H-,66,68,70,71)/p+1/b22-19-,27-26-,30-29-,33-32-,56-53-. The Balaban J connectivity index is 5.00. The van der Waals surface area contributed by atoms with E-state index in [0.717, 1.165) is 77.0 Å². The normalized spacial score (nSPS) is 14.1. The van der Waals surface area contributed by atoms with E-state index < -0.39 is 20.0 Å². The van der Waals surface area contributed by atoms with Crippen LogP contribution in [0.15, 0.2) is 60.8 Å². The number of ether oxygens (including phenoxy) is 1. The molecule has 0 aliphatic heterocycles. The fraction of sp³-hybridized carbons (Fsp3) is 0.815. The van der Waals surface area contributed by atoms with Crippen LogP contribution in [0.5, 0.6) is 0 Å². The molecule has 0 aliphatic rings. The lowest BCUT2D eigenvalue weighted by molar-refractivity contribution is -0.870. The van der Waals surface area contributed by atoms with Crippen molar-refractivity contribution in [2.24, 2.45) is 0 Å². The number of likely N-dealkylation sites (N-methyl/N-ethyl adjacent to an activating group) is 1. The Labute approximate surface area is 464 Å². The number of allylic oxidation sites excluding steroid dienone is 9. The van der Waals surface area contributed by atoms with E-state index in [0.29, 0.717) is 23.9 Å². The zero-order valence-electron chi connectivity index (χ0n) is 50.0. The number of quaternary nitrogens is 1. The summed E-state index contributed by atoms with van der Waals surface area (Å²) in [6, 6.07) is -0.847. The third kappa shape index (κ3) is 56.2. The van der Waals surface area contributed by atoms with E-state index in [9.17, 15) is 19.0 Å².